The zero-order chi connectivity index (χ0) is 9.90. The van der Waals surface area contributed by atoms with Gasteiger partial charge in [0.15, 0.2) is 0 Å². The molecule has 0 aromatic heterocycles. The number of hydrogen-bond donors (Lipinski definition) is 0. The molecule has 0 unspecified atom stereocenters. The highest BCUT2D eigenvalue weighted by Gasteiger charge is 2.13. The summed E-state index contributed by atoms with van der Waals surface area (Å²) in [5.41, 5.74) is 0. The molecule has 0 N–H and O–H groups in total. The molecule has 1 aromatic rings. The summed E-state index contributed by atoms with van der Waals surface area (Å²) in [6.45, 7) is 3.12. The smallest absolute Gasteiger partial charge is 0.237 e. The average molecular weight is 260 g/mol. The first-order valence-electron chi connectivity index (χ1n) is 3.90. The van der Waals surface area contributed by atoms with Crippen molar-refractivity contribution < 1.29 is 8.42 Å². The minimum Gasteiger partial charge on any atom is -0.237 e. The maximum atomic E-state index is 11.5. The molecule has 0 saturated carbocycles. The van der Waals surface area contributed by atoms with Gasteiger partial charge < -0.3 is 0 Å². The number of benzene rings is 1. The molecule has 0 atom stereocenters. The van der Waals surface area contributed by atoms with Gasteiger partial charge in [-0.3, -0.25) is 0 Å². The van der Waals surface area contributed by atoms with Crippen LogP contribution in [0.5, 0.6) is 0 Å². The SMILES string of the molecule is CC[B]S(=O)(=O)c1ccc(Br)cc1. The monoisotopic (exact) mass is 259 g/mol. The summed E-state index contributed by atoms with van der Waals surface area (Å²) in [4.78, 5) is 0.345. The van der Waals surface area contributed by atoms with Gasteiger partial charge in [-0.05, 0) is 24.3 Å². The summed E-state index contributed by atoms with van der Waals surface area (Å²) >= 11 is 3.25. The van der Waals surface area contributed by atoms with Gasteiger partial charge in [0.25, 0.3) is 6.56 Å². The van der Waals surface area contributed by atoms with Crippen LogP contribution >= 0.6 is 15.9 Å². The normalized spacial score (nSPS) is 11.2. The largest absolute Gasteiger partial charge is 0.285 e. The van der Waals surface area contributed by atoms with Crippen molar-refractivity contribution in [3.8, 4) is 0 Å². The van der Waals surface area contributed by atoms with Crippen LogP contribution < -0.4 is 0 Å². The number of rotatable bonds is 3. The van der Waals surface area contributed by atoms with E-state index in [1.807, 2.05) is 0 Å². The lowest BCUT2D eigenvalue weighted by Gasteiger charge is -2.00. The Labute approximate surface area is 87.5 Å². The lowest BCUT2D eigenvalue weighted by atomic mass is 10.1. The summed E-state index contributed by atoms with van der Waals surface area (Å²) in [7, 11) is -3.17. The van der Waals surface area contributed by atoms with Gasteiger partial charge in [-0.2, -0.15) is 0 Å². The van der Waals surface area contributed by atoms with Gasteiger partial charge in [0, 0.05) is 4.47 Å². The third kappa shape index (κ3) is 2.84. The van der Waals surface area contributed by atoms with Crippen LogP contribution in [0.1, 0.15) is 6.92 Å². The van der Waals surface area contributed by atoms with Crippen LogP contribution in [0, 0.1) is 0 Å². The summed E-state index contributed by atoms with van der Waals surface area (Å²) in [6.07, 6.45) is 0.526. The lowest BCUT2D eigenvalue weighted by Crippen LogP contribution is -2.08. The molecule has 13 heavy (non-hydrogen) atoms. The van der Waals surface area contributed by atoms with Crippen molar-refractivity contribution in [2.45, 2.75) is 18.1 Å². The first-order chi connectivity index (χ1) is 6.06. The van der Waals surface area contributed by atoms with E-state index in [9.17, 15) is 8.42 Å². The molecule has 0 bridgehead atoms. The predicted octanol–water partition coefficient (Wildman–Crippen LogP) is 2.28. The van der Waals surface area contributed by atoms with Crippen molar-refractivity contribution in [2.75, 3.05) is 0 Å². The van der Waals surface area contributed by atoms with Gasteiger partial charge in [0.05, 0.1) is 4.90 Å². The van der Waals surface area contributed by atoms with Gasteiger partial charge >= 0.3 is 0 Å². The molecular weight excluding hydrogens is 251 g/mol. The second kappa shape index (κ2) is 4.29. The van der Waals surface area contributed by atoms with Crippen LogP contribution in [0.25, 0.3) is 0 Å². The summed E-state index contributed by atoms with van der Waals surface area (Å²) in [5.74, 6) is 0. The van der Waals surface area contributed by atoms with Crippen LogP contribution in [0.4, 0.5) is 0 Å². The molecule has 0 saturated heterocycles. The Balaban J connectivity index is 3.02. The van der Waals surface area contributed by atoms with Crippen molar-refractivity contribution in [1.82, 2.24) is 0 Å². The highest BCUT2D eigenvalue weighted by Crippen LogP contribution is 2.15. The second-order valence-corrected chi connectivity index (χ2v) is 5.38. The highest BCUT2D eigenvalue weighted by molar-refractivity contribution is 9.10. The Morgan fingerprint density at radius 2 is 1.85 bits per heavy atom. The molecule has 69 valence electrons. The second-order valence-electron chi connectivity index (χ2n) is 2.57. The van der Waals surface area contributed by atoms with Gasteiger partial charge in [-0.15, -0.1) is 0 Å². The fraction of sp³-hybridized carbons (Fsp3) is 0.250. The molecule has 2 nitrogen and oxygen atoms in total. The van der Waals surface area contributed by atoms with Crippen LogP contribution in [-0.2, 0) is 9.69 Å². The van der Waals surface area contributed by atoms with E-state index >= 15 is 0 Å². The van der Waals surface area contributed by atoms with Crippen LogP contribution in [-0.4, -0.2) is 15.0 Å². The molecule has 0 aliphatic heterocycles. The predicted molar refractivity (Wildman–Crippen MR) is 57.6 cm³/mol. The molecular formula is C8H9BBrO2S. The van der Waals surface area contributed by atoms with Gasteiger partial charge in [-0.25, -0.2) is 8.42 Å². The van der Waals surface area contributed by atoms with Crippen molar-refractivity contribution in [2.24, 2.45) is 0 Å². The van der Waals surface area contributed by atoms with E-state index in [-0.39, 0.29) is 0 Å². The molecule has 0 heterocycles. The van der Waals surface area contributed by atoms with Crippen molar-refractivity contribution in [3.63, 3.8) is 0 Å². The Morgan fingerprint density at radius 3 is 2.31 bits per heavy atom. The quantitative estimate of drug-likeness (QED) is 0.781. The van der Waals surface area contributed by atoms with Crippen LogP contribution in [0.2, 0.25) is 6.32 Å². The number of hydrogen-bond acceptors (Lipinski definition) is 2. The van der Waals surface area contributed by atoms with E-state index in [1.165, 1.54) is 6.56 Å². The van der Waals surface area contributed by atoms with Crippen molar-refractivity contribution >= 4 is 32.2 Å². The van der Waals surface area contributed by atoms with E-state index in [1.54, 1.807) is 31.2 Å². The van der Waals surface area contributed by atoms with Crippen LogP contribution in [0.15, 0.2) is 33.6 Å². The summed E-state index contributed by atoms with van der Waals surface area (Å²) < 4.78 is 23.8. The van der Waals surface area contributed by atoms with Crippen molar-refractivity contribution in [1.29, 1.82) is 0 Å². The average Bonchev–Trinajstić information content (AvgIpc) is 2.05. The standard InChI is InChI=1S/C8H9BBrO2S/c1-2-9-13(11,12)8-5-3-7(10)4-6-8/h3-6H,2H2,1H3. The molecule has 1 radical (unpaired) electrons. The third-order valence-corrected chi connectivity index (χ3v) is 3.76. The zero-order valence-corrected chi connectivity index (χ0v) is 9.60. The molecule has 1 aromatic carbocycles. The Kier molecular flexibility index (Phi) is 3.56. The molecule has 0 spiro atoms. The highest BCUT2D eigenvalue weighted by atomic mass is 79.9. The molecule has 5 heteroatoms. The lowest BCUT2D eigenvalue weighted by molar-refractivity contribution is 0.608. The van der Waals surface area contributed by atoms with Gasteiger partial charge in [0.1, 0.15) is 9.69 Å². The van der Waals surface area contributed by atoms with E-state index < -0.39 is 9.69 Å². The Hall–Kier alpha value is -0.285. The van der Waals surface area contributed by atoms with E-state index in [4.69, 9.17) is 0 Å². The topological polar surface area (TPSA) is 34.1 Å². The third-order valence-electron chi connectivity index (χ3n) is 1.53. The molecule has 0 amide bonds. The maximum Gasteiger partial charge on any atom is 0.285 e. The first kappa shape index (κ1) is 10.8. The minimum atomic E-state index is -3.17. The summed E-state index contributed by atoms with van der Waals surface area (Å²) in [5, 5.41) is 0. The fourth-order valence-corrected chi connectivity index (χ4v) is 2.35. The fourth-order valence-electron chi connectivity index (χ4n) is 0.940. The first-order valence-corrected chi connectivity index (χ1v) is 6.24. The van der Waals surface area contributed by atoms with E-state index in [2.05, 4.69) is 15.9 Å². The van der Waals surface area contributed by atoms with Gasteiger partial charge in [-0.1, -0.05) is 29.2 Å². The number of halogens is 1. The molecule has 1 rings (SSSR count). The molecule has 0 aliphatic carbocycles. The van der Waals surface area contributed by atoms with Gasteiger partial charge in [0.2, 0.25) is 0 Å². The zero-order valence-electron chi connectivity index (χ0n) is 7.20. The summed E-state index contributed by atoms with van der Waals surface area (Å²) in [6, 6.07) is 6.62. The molecule has 0 aliphatic rings. The minimum absolute atomic E-state index is 0.345. The molecule has 0 fully saturated rings. The van der Waals surface area contributed by atoms with Crippen molar-refractivity contribution in [3.05, 3.63) is 28.7 Å². The van der Waals surface area contributed by atoms with E-state index in [0.717, 1.165) is 4.47 Å². The Bertz CT molecular complexity index is 372. The Morgan fingerprint density at radius 1 is 1.31 bits per heavy atom. The van der Waals surface area contributed by atoms with E-state index in [0.29, 0.717) is 11.2 Å². The maximum absolute atomic E-state index is 11.5. The van der Waals surface area contributed by atoms with Crippen LogP contribution in [0.3, 0.4) is 0 Å².